The van der Waals surface area contributed by atoms with E-state index in [0.717, 1.165) is 22.2 Å². The van der Waals surface area contributed by atoms with Gasteiger partial charge in [-0.3, -0.25) is 9.59 Å². The van der Waals surface area contributed by atoms with Crippen molar-refractivity contribution in [1.29, 1.82) is 0 Å². The maximum atomic E-state index is 12.4. The molecule has 4 heteroatoms. The van der Waals surface area contributed by atoms with Gasteiger partial charge in [-0.15, -0.1) is 0 Å². The Bertz CT molecular complexity index is 929. The normalized spacial score (nSPS) is 10.8. The van der Waals surface area contributed by atoms with Crippen molar-refractivity contribution < 1.29 is 4.79 Å². The number of anilines is 1. The van der Waals surface area contributed by atoms with E-state index in [1.54, 1.807) is 11.9 Å². The molecule has 24 heavy (non-hydrogen) atoms. The molecule has 1 heterocycles. The molecule has 0 fully saturated rings. The maximum Gasteiger partial charge on any atom is 0.251 e. The standard InChI is InChI=1S/C20H20N2O2/c1-14-7-6-8-15-13-16(20(24)21-19(14)15)11-12-18(23)22(2)17-9-4-3-5-10-17/h3-10,13H,11-12H2,1-2H3,(H,21,24). The molecule has 1 N–H and O–H groups in total. The average Bonchev–Trinajstić information content (AvgIpc) is 2.60. The van der Waals surface area contributed by atoms with Crippen LogP contribution in [0.2, 0.25) is 0 Å². The fraction of sp³-hybridized carbons (Fsp3) is 0.200. The molecule has 0 aliphatic heterocycles. The van der Waals surface area contributed by atoms with Gasteiger partial charge in [-0.1, -0.05) is 36.4 Å². The lowest BCUT2D eigenvalue weighted by atomic mass is 10.1. The number of hydrogen-bond acceptors (Lipinski definition) is 2. The number of carbonyl (C=O) groups excluding carboxylic acids is 1. The second-order valence-electron chi connectivity index (χ2n) is 5.95. The van der Waals surface area contributed by atoms with E-state index in [4.69, 9.17) is 0 Å². The Kier molecular flexibility index (Phi) is 4.47. The maximum absolute atomic E-state index is 12.4. The number of hydrogen-bond donors (Lipinski definition) is 1. The van der Waals surface area contributed by atoms with Gasteiger partial charge in [0.25, 0.3) is 5.56 Å². The number of nitrogens with zero attached hydrogens (tertiary/aromatic N) is 1. The number of aromatic amines is 1. The number of aromatic nitrogens is 1. The third-order valence-corrected chi connectivity index (χ3v) is 4.29. The average molecular weight is 320 g/mol. The Morgan fingerprint density at radius 2 is 1.83 bits per heavy atom. The molecule has 0 unspecified atom stereocenters. The van der Waals surface area contributed by atoms with Crippen LogP contribution in [0.5, 0.6) is 0 Å². The van der Waals surface area contributed by atoms with E-state index in [1.165, 1.54) is 0 Å². The highest BCUT2D eigenvalue weighted by Gasteiger charge is 2.12. The Morgan fingerprint density at radius 1 is 1.08 bits per heavy atom. The van der Waals surface area contributed by atoms with Crippen LogP contribution in [0, 0.1) is 6.92 Å². The zero-order valence-corrected chi connectivity index (χ0v) is 13.9. The molecule has 0 aliphatic carbocycles. The summed E-state index contributed by atoms with van der Waals surface area (Å²) in [5, 5.41) is 0.994. The number of benzene rings is 2. The fourth-order valence-corrected chi connectivity index (χ4v) is 2.82. The topological polar surface area (TPSA) is 53.2 Å². The smallest absolute Gasteiger partial charge is 0.251 e. The Balaban J connectivity index is 1.77. The number of fused-ring (bicyclic) bond motifs is 1. The summed E-state index contributed by atoms with van der Waals surface area (Å²) < 4.78 is 0. The fourth-order valence-electron chi connectivity index (χ4n) is 2.82. The highest BCUT2D eigenvalue weighted by Crippen LogP contribution is 2.16. The van der Waals surface area contributed by atoms with Crippen LogP contribution in [0.4, 0.5) is 5.69 Å². The van der Waals surface area contributed by atoms with Crippen molar-refractivity contribution in [3.8, 4) is 0 Å². The third kappa shape index (κ3) is 3.23. The van der Waals surface area contributed by atoms with E-state index in [-0.39, 0.29) is 11.5 Å². The van der Waals surface area contributed by atoms with Crippen LogP contribution in [0.1, 0.15) is 17.5 Å². The Hall–Kier alpha value is -2.88. The molecule has 4 nitrogen and oxygen atoms in total. The van der Waals surface area contributed by atoms with Gasteiger partial charge in [-0.05, 0) is 42.5 Å². The summed E-state index contributed by atoms with van der Waals surface area (Å²) in [6, 6.07) is 17.3. The number of rotatable bonds is 4. The molecule has 0 aliphatic rings. The van der Waals surface area contributed by atoms with E-state index in [1.807, 2.05) is 61.5 Å². The molecule has 3 aromatic rings. The van der Waals surface area contributed by atoms with Gasteiger partial charge in [0.1, 0.15) is 0 Å². The molecule has 0 saturated heterocycles. The molecule has 1 aromatic heterocycles. The summed E-state index contributed by atoms with van der Waals surface area (Å²) in [5.41, 5.74) is 3.27. The van der Waals surface area contributed by atoms with Crippen LogP contribution >= 0.6 is 0 Å². The lowest BCUT2D eigenvalue weighted by Gasteiger charge is -2.17. The minimum Gasteiger partial charge on any atom is -0.321 e. The van der Waals surface area contributed by atoms with E-state index in [9.17, 15) is 9.59 Å². The summed E-state index contributed by atoms with van der Waals surface area (Å²) >= 11 is 0. The molecular formula is C20H20N2O2. The van der Waals surface area contributed by atoms with Crippen molar-refractivity contribution in [3.63, 3.8) is 0 Å². The van der Waals surface area contributed by atoms with Crippen LogP contribution in [-0.2, 0) is 11.2 Å². The molecule has 0 bridgehead atoms. The quantitative estimate of drug-likeness (QED) is 0.800. The minimum absolute atomic E-state index is 0.00932. The first kappa shape index (κ1) is 16.0. The molecule has 1 amide bonds. The summed E-state index contributed by atoms with van der Waals surface area (Å²) in [6.45, 7) is 1.97. The Morgan fingerprint density at radius 3 is 2.58 bits per heavy atom. The predicted octanol–water partition coefficient (Wildman–Crippen LogP) is 3.43. The number of carbonyl (C=O) groups is 1. The molecule has 0 spiro atoms. The summed E-state index contributed by atoms with van der Waals surface area (Å²) in [7, 11) is 1.76. The van der Waals surface area contributed by atoms with Gasteiger partial charge >= 0.3 is 0 Å². The first-order chi connectivity index (χ1) is 11.6. The highest BCUT2D eigenvalue weighted by molar-refractivity contribution is 5.93. The summed E-state index contributed by atoms with van der Waals surface area (Å²) in [6.07, 6.45) is 0.723. The van der Waals surface area contributed by atoms with E-state index >= 15 is 0 Å². The van der Waals surface area contributed by atoms with Crippen LogP contribution in [0.25, 0.3) is 10.9 Å². The van der Waals surface area contributed by atoms with Gasteiger partial charge in [-0.25, -0.2) is 0 Å². The SMILES string of the molecule is Cc1cccc2cc(CCC(=O)N(C)c3ccccc3)c(=O)[nH]c12. The van der Waals surface area contributed by atoms with Gasteiger partial charge in [0.15, 0.2) is 0 Å². The van der Waals surface area contributed by atoms with Crippen molar-refractivity contribution in [1.82, 2.24) is 4.98 Å². The molecule has 0 radical (unpaired) electrons. The zero-order chi connectivity index (χ0) is 17.1. The predicted molar refractivity (Wildman–Crippen MR) is 97.5 cm³/mol. The number of pyridine rings is 1. The van der Waals surface area contributed by atoms with E-state index in [0.29, 0.717) is 18.4 Å². The van der Waals surface area contributed by atoms with Gasteiger partial charge in [0, 0.05) is 24.7 Å². The van der Waals surface area contributed by atoms with Gasteiger partial charge in [-0.2, -0.15) is 0 Å². The first-order valence-corrected chi connectivity index (χ1v) is 7.99. The van der Waals surface area contributed by atoms with E-state index < -0.39 is 0 Å². The molecule has 0 atom stereocenters. The molecule has 122 valence electrons. The monoisotopic (exact) mass is 320 g/mol. The van der Waals surface area contributed by atoms with Crippen molar-refractivity contribution in [3.05, 3.63) is 76.1 Å². The van der Waals surface area contributed by atoms with Crippen LogP contribution in [0.15, 0.2) is 59.4 Å². The molecular weight excluding hydrogens is 300 g/mol. The van der Waals surface area contributed by atoms with Crippen molar-refractivity contribution in [2.45, 2.75) is 19.8 Å². The molecule has 0 saturated carbocycles. The highest BCUT2D eigenvalue weighted by atomic mass is 16.2. The van der Waals surface area contributed by atoms with E-state index in [2.05, 4.69) is 4.98 Å². The van der Waals surface area contributed by atoms with Crippen LogP contribution in [-0.4, -0.2) is 17.9 Å². The molecule has 3 rings (SSSR count). The van der Waals surface area contributed by atoms with Crippen LogP contribution in [0.3, 0.4) is 0 Å². The summed E-state index contributed by atoms with van der Waals surface area (Å²) in [4.78, 5) is 29.2. The number of amides is 1. The number of para-hydroxylation sites is 2. The third-order valence-electron chi connectivity index (χ3n) is 4.29. The van der Waals surface area contributed by atoms with Crippen molar-refractivity contribution >= 4 is 22.5 Å². The van der Waals surface area contributed by atoms with Crippen LogP contribution < -0.4 is 10.5 Å². The first-order valence-electron chi connectivity index (χ1n) is 7.99. The zero-order valence-electron chi connectivity index (χ0n) is 13.9. The van der Waals surface area contributed by atoms with Gasteiger partial charge in [0.2, 0.25) is 5.91 Å². The molecule has 2 aromatic carbocycles. The summed E-state index contributed by atoms with van der Waals surface area (Å²) in [5.74, 6) is -0.00932. The van der Waals surface area contributed by atoms with Gasteiger partial charge < -0.3 is 9.88 Å². The number of nitrogens with one attached hydrogen (secondary N) is 1. The van der Waals surface area contributed by atoms with Crippen molar-refractivity contribution in [2.24, 2.45) is 0 Å². The number of aryl methyl sites for hydroxylation is 2. The number of H-pyrrole nitrogens is 1. The minimum atomic E-state index is -0.119. The Labute approximate surface area is 140 Å². The second kappa shape index (κ2) is 6.71. The second-order valence-corrected chi connectivity index (χ2v) is 5.95. The lowest BCUT2D eigenvalue weighted by Crippen LogP contribution is -2.27. The lowest BCUT2D eigenvalue weighted by molar-refractivity contribution is -0.118. The van der Waals surface area contributed by atoms with Crippen molar-refractivity contribution in [2.75, 3.05) is 11.9 Å². The largest absolute Gasteiger partial charge is 0.321 e. The van der Waals surface area contributed by atoms with Gasteiger partial charge in [0.05, 0.1) is 5.52 Å².